The maximum atomic E-state index is 11.9. The summed E-state index contributed by atoms with van der Waals surface area (Å²) in [6.07, 6.45) is 0. The summed E-state index contributed by atoms with van der Waals surface area (Å²) in [5, 5.41) is 11.3. The Labute approximate surface area is 108 Å². The van der Waals surface area contributed by atoms with Crippen molar-refractivity contribution in [3.63, 3.8) is 0 Å². The number of nitrogens with two attached hydrogens (primary N) is 1. The molecule has 1 heterocycles. The lowest BCUT2D eigenvalue weighted by Gasteiger charge is -2.19. The Balaban J connectivity index is 2.64. The fourth-order valence-corrected chi connectivity index (χ4v) is 2.43. The summed E-state index contributed by atoms with van der Waals surface area (Å²) in [6.45, 7) is 2.05. The van der Waals surface area contributed by atoms with Crippen LogP contribution in [0.2, 0.25) is 4.34 Å². The summed E-state index contributed by atoms with van der Waals surface area (Å²) in [7, 11) is 1.66. The first-order valence-electron chi connectivity index (χ1n) is 4.92. The normalized spacial score (nSPS) is 13.5. The molecule has 0 fully saturated rings. The molecule has 0 bridgehead atoms. The summed E-state index contributed by atoms with van der Waals surface area (Å²) >= 11 is 7.22. The molecular formula is C10H14ClN3O2S. The van der Waals surface area contributed by atoms with Gasteiger partial charge in [-0.2, -0.15) is 0 Å². The van der Waals surface area contributed by atoms with Crippen LogP contribution in [-0.2, 0) is 11.3 Å². The van der Waals surface area contributed by atoms with E-state index in [0.29, 0.717) is 10.9 Å². The van der Waals surface area contributed by atoms with Gasteiger partial charge in [0, 0.05) is 11.9 Å². The molecule has 3 N–H and O–H groups in total. The standard InChI is InChI=1S/C10H14ClN3O2S/c1-6(9(12)13-16)10(15)14(2)5-7-3-4-8(11)17-7/h3-4,6,16H,5H2,1-2H3,(H2,12,13). The highest BCUT2D eigenvalue weighted by atomic mass is 35.5. The Bertz CT molecular complexity index is 433. The highest BCUT2D eigenvalue weighted by Gasteiger charge is 2.21. The first-order chi connectivity index (χ1) is 7.95. The van der Waals surface area contributed by atoms with Crippen molar-refractivity contribution >= 4 is 34.7 Å². The molecule has 0 aliphatic heterocycles. The third-order valence-corrected chi connectivity index (χ3v) is 3.54. The Morgan fingerprint density at radius 2 is 2.35 bits per heavy atom. The fourth-order valence-electron chi connectivity index (χ4n) is 1.29. The number of halogens is 1. The highest BCUT2D eigenvalue weighted by Crippen LogP contribution is 2.22. The van der Waals surface area contributed by atoms with Gasteiger partial charge in [-0.25, -0.2) is 0 Å². The number of amides is 1. The minimum atomic E-state index is -0.638. The van der Waals surface area contributed by atoms with Crippen LogP contribution in [0, 0.1) is 5.92 Å². The second-order valence-corrected chi connectivity index (χ2v) is 5.45. The van der Waals surface area contributed by atoms with Crippen LogP contribution < -0.4 is 5.73 Å². The van der Waals surface area contributed by atoms with Gasteiger partial charge in [-0.05, 0) is 19.1 Å². The molecule has 0 saturated carbocycles. The van der Waals surface area contributed by atoms with Crippen LogP contribution >= 0.6 is 22.9 Å². The van der Waals surface area contributed by atoms with E-state index in [9.17, 15) is 4.79 Å². The van der Waals surface area contributed by atoms with E-state index in [-0.39, 0.29) is 11.7 Å². The van der Waals surface area contributed by atoms with Gasteiger partial charge in [0.15, 0.2) is 5.84 Å². The third kappa shape index (κ3) is 3.61. The smallest absolute Gasteiger partial charge is 0.233 e. The van der Waals surface area contributed by atoms with Crippen molar-refractivity contribution in [3.8, 4) is 0 Å². The van der Waals surface area contributed by atoms with Crippen molar-refractivity contribution in [2.45, 2.75) is 13.5 Å². The minimum Gasteiger partial charge on any atom is -0.409 e. The lowest BCUT2D eigenvalue weighted by Crippen LogP contribution is -2.38. The number of carbonyl (C=O) groups excluding carboxylic acids is 1. The molecule has 1 rings (SSSR count). The van der Waals surface area contributed by atoms with E-state index in [4.69, 9.17) is 22.5 Å². The van der Waals surface area contributed by atoms with Crippen LogP contribution in [0.3, 0.4) is 0 Å². The largest absolute Gasteiger partial charge is 0.409 e. The van der Waals surface area contributed by atoms with E-state index in [2.05, 4.69) is 5.16 Å². The van der Waals surface area contributed by atoms with E-state index in [1.54, 1.807) is 20.0 Å². The van der Waals surface area contributed by atoms with E-state index < -0.39 is 5.92 Å². The Morgan fingerprint density at radius 1 is 1.71 bits per heavy atom. The number of rotatable bonds is 4. The van der Waals surface area contributed by atoms with Crippen molar-refractivity contribution in [1.29, 1.82) is 0 Å². The van der Waals surface area contributed by atoms with Gasteiger partial charge < -0.3 is 15.8 Å². The quantitative estimate of drug-likeness (QED) is 0.380. The molecule has 0 aliphatic rings. The maximum Gasteiger partial charge on any atom is 0.233 e. The van der Waals surface area contributed by atoms with Crippen LogP contribution in [0.15, 0.2) is 17.3 Å². The first kappa shape index (κ1) is 13.8. The number of hydrogen-bond acceptors (Lipinski definition) is 4. The summed E-state index contributed by atoms with van der Waals surface area (Å²) < 4.78 is 0.685. The minimum absolute atomic E-state index is 0.0916. The maximum absolute atomic E-state index is 11.9. The van der Waals surface area contributed by atoms with Gasteiger partial charge >= 0.3 is 0 Å². The summed E-state index contributed by atoms with van der Waals surface area (Å²) in [6, 6.07) is 3.65. The van der Waals surface area contributed by atoms with Crippen molar-refractivity contribution in [2.75, 3.05) is 7.05 Å². The lowest BCUT2D eigenvalue weighted by molar-refractivity contribution is -0.132. The number of amidine groups is 1. The highest BCUT2D eigenvalue weighted by molar-refractivity contribution is 7.16. The predicted molar refractivity (Wildman–Crippen MR) is 68.4 cm³/mol. The van der Waals surface area contributed by atoms with Crippen LogP contribution in [0.25, 0.3) is 0 Å². The Morgan fingerprint density at radius 3 is 2.82 bits per heavy atom. The summed E-state index contributed by atoms with van der Waals surface area (Å²) in [5.74, 6) is -0.934. The van der Waals surface area contributed by atoms with Crippen molar-refractivity contribution in [3.05, 3.63) is 21.3 Å². The van der Waals surface area contributed by atoms with E-state index >= 15 is 0 Å². The van der Waals surface area contributed by atoms with Crippen molar-refractivity contribution in [2.24, 2.45) is 16.8 Å². The molecule has 0 aromatic carbocycles. The van der Waals surface area contributed by atoms with E-state index in [0.717, 1.165) is 4.88 Å². The lowest BCUT2D eigenvalue weighted by atomic mass is 10.1. The average molecular weight is 276 g/mol. The molecule has 1 unspecified atom stereocenters. The molecule has 7 heteroatoms. The molecule has 0 aliphatic carbocycles. The SMILES string of the molecule is CC(C(=O)N(C)Cc1ccc(Cl)s1)C(N)=NO. The summed E-state index contributed by atoms with van der Waals surface area (Å²) in [5.41, 5.74) is 5.39. The average Bonchev–Trinajstić information content (AvgIpc) is 2.71. The summed E-state index contributed by atoms with van der Waals surface area (Å²) in [4.78, 5) is 14.4. The van der Waals surface area contributed by atoms with Crippen LogP contribution in [0.4, 0.5) is 0 Å². The molecule has 17 heavy (non-hydrogen) atoms. The van der Waals surface area contributed by atoms with Crippen LogP contribution in [0.1, 0.15) is 11.8 Å². The van der Waals surface area contributed by atoms with E-state index in [1.807, 2.05) is 6.07 Å². The van der Waals surface area contributed by atoms with Crippen molar-refractivity contribution in [1.82, 2.24) is 4.90 Å². The van der Waals surface area contributed by atoms with Gasteiger partial charge in [0.25, 0.3) is 0 Å². The molecule has 1 atom stereocenters. The number of hydrogen-bond donors (Lipinski definition) is 2. The van der Waals surface area contributed by atoms with Gasteiger partial charge in [0.1, 0.15) is 0 Å². The molecule has 0 radical (unpaired) electrons. The first-order valence-corrected chi connectivity index (χ1v) is 6.11. The van der Waals surface area contributed by atoms with Crippen LogP contribution in [0.5, 0.6) is 0 Å². The number of carbonyl (C=O) groups is 1. The predicted octanol–water partition coefficient (Wildman–Crippen LogP) is 1.74. The molecule has 0 saturated heterocycles. The number of thiophene rings is 1. The topological polar surface area (TPSA) is 78.9 Å². The zero-order valence-corrected chi connectivity index (χ0v) is 11.1. The van der Waals surface area contributed by atoms with Gasteiger partial charge in [-0.1, -0.05) is 16.8 Å². The fraction of sp³-hybridized carbons (Fsp3) is 0.400. The Hall–Kier alpha value is -1.27. The number of nitrogens with zero attached hydrogens (tertiary/aromatic N) is 2. The van der Waals surface area contributed by atoms with E-state index in [1.165, 1.54) is 16.2 Å². The monoisotopic (exact) mass is 275 g/mol. The second-order valence-electron chi connectivity index (χ2n) is 3.65. The molecule has 0 spiro atoms. The molecule has 1 aromatic heterocycles. The van der Waals surface area contributed by atoms with Crippen molar-refractivity contribution < 1.29 is 10.0 Å². The molecular weight excluding hydrogens is 262 g/mol. The van der Waals surface area contributed by atoms with Gasteiger partial charge in [0.05, 0.1) is 16.8 Å². The molecule has 1 amide bonds. The van der Waals surface area contributed by atoms with Gasteiger partial charge in [-0.15, -0.1) is 11.3 Å². The van der Waals surface area contributed by atoms with Gasteiger partial charge in [-0.3, -0.25) is 4.79 Å². The van der Waals surface area contributed by atoms with Crippen LogP contribution in [-0.4, -0.2) is 28.9 Å². The Kier molecular flexibility index (Phi) is 4.77. The zero-order valence-electron chi connectivity index (χ0n) is 9.55. The third-order valence-electron chi connectivity index (χ3n) is 2.33. The molecule has 5 nitrogen and oxygen atoms in total. The van der Waals surface area contributed by atoms with Gasteiger partial charge in [0.2, 0.25) is 5.91 Å². The molecule has 94 valence electrons. The number of oxime groups is 1. The molecule has 1 aromatic rings. The second kappa shape index (κ2) is 5.88. The zero-order chi connectivity index (χ0) is 13.0.